The number of likely N-dealkylation sites (tertiary alicyclic amines) is 1. The number of benzene rings is 1. The summed E-state index contributed by atoms with van der Waals surface area (Å²) < 4.78 is 43.0. The monoisotopic (exact) mass is 396 g/mol. The number of rotatable bonds is 3. The van der Waals surface area contributed by atoms with Crippen LogP contribution in [0, 0.1) is 11.8 Å². The van der Waals surface area contributed by atoms with Gasteiger partial charge in [-0.2, -0.15) is 13.2 Å². The number of carbonyl (C=O) groups excluding carboxylic acids is 2. The van der Waals surface area contributed by atoms with E-state index in [4.69, 9.17) is 0 Å². The van der Waals surface area contributed by atoms with E-state index in [9.17, 15) is 22.8 Å². The number of carbonyl (C=O) groups is 2. The molecule has 1 aromatic rings. The molecule has 0 aromatic heterocycles. The second-order valence-corrected chi connectivity index (χ2v) is 8.63. The normalized spacial score (nSPS) is 33.7. The first-order valence-electron chi connectivity index (χ1n) is 9.39. The lowest BCUT2D eigenvalue weighted by Gasteiger charge is -2.45. The fourth-order valence-corrected chi connectivity index (χ4v) is 4.95. The summed E-state index contributed by atoms with van der Waals surface area (Å²) in [6.07, 6.45) is -2.80. The second kappa shape index (κ2) is 6.12. The molecule has 1 heterocycles. The number of piperidine rings is 1. The van der Waals surface area contributed by atoms with Crippen molar-refractivity contribution in [2.24, 2.45) is 11.8 Å². The number of fused-ring (bicyclic) bond motifs is 1. The van der Waals surface area contributed by atoms with Crippen molar-refractivity contribution >= 4 is 12.0 Å². The number of amides is 2. The van der Waals surface area contributed by atoms with Crippen molar-refractivity contribution in [2.45, 2.75) is 43.3 Å². The fraction of sp³-hybridized carbons (Fsp3) is 0.600. The van der Waals surface area contributed by atoms with Gasteiger partial charge in [0.05, 0.1) is 12.7 Å². The van der Waals surface area contributed by atoms with Crippen molar-refractivity contribution in [1.82, 2.24) is 10.2 Å². The lowest BCUT2D eigenvalue weighted by molar-refractivity contribution is -0.140. The Morgan fingerprint density at radius 1 is 1.18 bits per heavy atom. The third kappa shape index (κ3) is 3.12. The predicted octanol–water partition coefficient (Wildman–Crippen LogP) is 3.33. The molecular weight excluding hydrogens is 373 g/mol. The Balaban J connectivity index is 1.37. The number of alkyl halides is 3. The zero-order valence-electron chi connectivity index (χ0n) is 15.8. The van der Waals surface area contributed by atoms with E-state index in [2.05, 4.69) is 10.1 Å². The standard InChI is InChI=1S/C20H23F3N2O3/c1-18(24-17(27)28-2)7-12(8-18)16(26)25-10-15-9-19(15,11-25)13-3-5-14(6-4-13)20(21,22)23/h3-6,12,15H,7-11H2,1-2H3,(H,24,27). The molecule has 4 rings (SSSR count). The van der Waals surface area contributed by atoms with E-state index in [1.54, 1.807) is 12.1 Å². The molecule has 2 atom stereocenters. The first kappa shape index (κ1) is 19.1. The first-order valence-corrected chi connectivity index (χ1v) is 9.39. The van der Waals surface area contributed by atoms with Crippen LogP contribution in [0.15, 0.2) is 24.3 Å². The third-order valence-corrected chi connectivity index (χ3v) is 6.58. The molecule has 1 N–H and O–H groups in total. The van der Waals surface area contributed by atoms with Crippen molar-refractivity contribution in [3.63, 3.8) is 0 Å². The summed E-state index contributed by atoms with van der Waals surface area (Å²) in [4.78, 5) is 26.1. The van der Waals surface area contributed by atoms with Crippen LogP contribution >= 0.6 is 0 Å². The molecule has 152 valence electrons. The van der Waals surface area contributed by atoms with Crippen LogP contribution in [0.1, 0.15) is 37.3 Å². The maximum atomic E-state index is 12.8. The molecule has 1 saturated heterocycles. The molecule has 28 heavy (non-hydrogen) atoms. The summed E-state index contributed by atoms with van der Waals surface area (Å²) >= 11 is 0. The zero-order chi connectivity index (χ0) is 20.3. The summed E-state index contributed by atoms with van der Waals surface area (Å²) in [5.41, 5.74) is -0.396. The average Bonchev–Trinajstić information content (AvgIpc) is 3.19. The predicted molar refractivity (Wildman–Crippen MR) is 94.5 cm³/mol. The fourth-order valence-electron chi connectivity index (χ4n) is 4.95. The number of alkyl carbamates (subject to hydrolysis) is 1. The molecule has 1 aliphatic heterocycles. The van der Waals surface area contributed by atoms with E-state index < -0.39 is 23.4 Å². The number of methoxy groups -OCH3 is 1. The van der Waals surface area contributed by atoms with Crippen molar-refractivity contribution in [3.8, 4) is 0 Å². The maximum absolute atomic E-state index is 12.8. The van der Waals surface area contributed by atoms with Crippen LogP contribution in [0.5, 0.6) is 0 Å². The van der Waals surface area contributed by atoms with Crippen LogP contribution in [0.3, 0.4) is 0 Å². The minimum atomic E-state index is -4.34. The molecule has 3 aliphatic rings. The molecule has 2 unspecified atom stereocenters. The highest BCUT2D eigenvalue weighted by atomic mass is 19.4. The van der Waals surface area contributed by atoms with Crippen LogP contribution in [-0.4, -0.2) is 42.6 Å². The van der Waals surface area contributed by atoms with Gasteiger partial charge in [-0.05, 0) is 49.8 Å². The maximum Gasteiger partial charge on any atom is 0.416 e. The SMILES string of the molecule is COC(=O)NC1(C)CC(C(=O)N2CC3CC3(c3ccc(C(F)(F)F)cc3)C2)C1. The van der Waals surface area contributed by atoms with Crippen LogP contribution in [0.4, 0.5) is 18.0 Å². The highest BCUT2D eigenvalue weighted by Crippen LogP contribution is 2.59. The van der Waals surface area contributed by atoms with E-state index in [-0.39, 0.29) is 17.2 Å². The molecule has 0 spiro atoms. The Morgan fingerprint density at radius 3 is 2.39 bits per heavy atom. The van der Waals surface area contributed by atoms with Gasteiger partial charge in [0.25, 0.3) is 0 Å². The molecule has 2 aliphatic carbocycles. The van der Waals surface area contributed by atoms with Gasteiger partial charge in [-0.25, -0.2) is 4.79 Å². The molecule has 3 fully saturated rings. The van der Waals surface area contributed by atoms with Gasteiger partial charge in [-0.3, -0.25) is 4.79 Å². The minimum absolute atomic E-state index is 0.0719. The van der Waals surface area contributed by atoms with Gasteiger partial charge in [0.15, 0.2) is 0 Å². The summed E-state index contributed by atoms with van der Waals surface area (Å²) in [7, 11) is 1.30. The van der Waals surface area contributed by atoms with Crippen LogP contribution < -0.4 is 5.32 Å². The van der Waals surface area contributed by atoms with Crippen molar-refractivity contribution in [2.75, 3.05) is 20.2 Å². The van der Waals surface area contributed by atoms with Gasteiger partial charge in [-0.15, -0.1) is 0 Å². The Morgan fingerprint density at radius 2 is 1.82 bits per heavy atom. The van der Waals surface area contributed by atoms with Gasteiger partial charge in [-0.1, -0.05) is 12.1 Å². The van der Waals surface area contributed by atoms with Crippen LogP contribution in [-0.2, 0) is 21.1 Å². The molecule has 8 heteroatoms. The van der Waals surface area contributed by atoms with E-state index in [0.29, 0.717) is 31.8 Å². The Labute approximate surface area is 161 Å². The highest BCUT2D eigenvalue weighted by Gasteiger charge is 2.62. The lowest BCUT2D eigenvalue weighted by atomic mass is 9.69. The number of ether oxygens (including phenoxy) is 1. The Bertz CT molecular complexity index is 802. The van der Waals surface area contributed by atoms with Crippen LogP contribution in [0.2, 0.25) is 0 Å². The quantitative estimate of drug-likeness (QED) is 0.853. The molecular formula is C20H23F3N2O3. The van der Waals surface area contributed by atoms with Crippen LogP contribution in [0.25, 0.3) is 0 Å². The van der Waals surface area contributed by atoms with E-state index in [1.165, 1.54) is 7.11 Å². The minimum Gasteiger partial charge on any atom is -0.453 e. The van der Waals surface area contributed by atoms with E-state index in [0.717, 1.165) is 24.1 Å². The first-order chi connectivity index (χ1) is 13.1. The number of hydrogen-bond acceptors (Lipinski definition) is 3. The topological polar surface area (TPSA) is 58.6 Å². The zero-order valence-corrected chi connectivity index (χ0v) is 15.8. The van der Waals surface area contributed by atoms with Crippen molar-refractivity contribution in [1.29, 1.82) is 0 Å². The number of nitrogens with one attached hydrogen (secondary N) is 1. The molecule has 0 bridgehead atoms. The number of hydrogen-bond donors (Lipinski definition) is 1. The van der Waals surface area contributed by atoms with Gasteiger partial charge in [0.1, 0.15) is 0 Å². The number of nitrogens with zero attached hydrogens (tertiary/aromatic N) is 1. The largest absolute Gasteiger partial charge is 0.453 e. The van der Waals surface area contributed by atoms with Gasteiger partial charge in [0, 0.05) is 30.0 Å². The molecule has 0 radical (unpaired) electrons. The van der Waals surface area contributed by atoms with E-state index in [1.807, 2.05) is 11.8 Å². The highest BCUT2D eigenvalue weighted by molar-refractivity contribution is 5.82. The molecule has 5 nitrogen and oxygen atoms in total. The molecule has 2 saturated carbocycles. The van der Waals surface area contributed by atoms with Gasteiger partial charge < -0.3 is 15.0 Å². The Hall–Kier alpha value is -2.25. The van der Waals surface area contributed by atoms with Crippen molar-refractivity contribution < 1.29 is 27.5 Å². The summed E-state index contributed by atoms with van der Waals surface area (Å²) in [6, 6.07) is 5.36. The molecule has 1 aromatic carbocycles. The van der Waals surface area contributed by atoms with E-state index >= 15 is 0 Å². The van der Waals surface area contributed by atoms with Crippen molar-refractivity contribution in [3.05, 3.63) is 35.4 Å². The Kier molecular flexibility index (Phi) is 4.17. The summed E-state index contributed by atoms with van der Waals surface area (Å²) in [5, 5.41) is 2.76. The summed E-state index contributed by atoms with van der Waals surface area (Å²) in [6.45, 7) is 3.09. The number of halogens is 3. The average molecular weight is 396 g/mol. The smallest absolute Gasteiger partial charge is 0.416 e. The van der Waals surface area contributed by atoms with Gasteiger partial charge in [0.2, 0.25) is 5.91 Å². The lowest BCUT2D eigenvalue weighted by Crippen LogP contribution is -2.58. The second-order valence-electron chi connectivity index (χ2n) is 8.63. The summed E-state index contributed by atoms with van der Waals surface area (Å²) in [5.74, 6) is 0.250. The molecule has 2 amide bonds. The third-order valence-electron chi connectivity index (χ3n) is 6.58. The van der Waals surface area contributed by atoms with Gasteiger partial charge >= 0.3 is 12.3 Å².